The first-order valence-electron chi connectivity index (χ1n) is 7.45. The number of carbonyl (C=O) groups is 2. The molecule has 2 aromatic carbocycles. The van der Waals surface area contributed by atoms with Gasteiger partial charge in [-0.15, -0.1) is 0 Å². The van der Waals surface area contributed by atoms with Crippen molar-refractivity contribution in [1.82, 2.24) is 0 Å². The van der Waals surface area contributed by atoms with Crippen LogP contribution in [-0.4, -0.2) is 32.1 Å². The minimum atomic E-state index is -0.584. The average Bonchev–Trinajstić information content (AvgIpc) is 3.03. The molecule has 1 aliphatic heterocycles. The van der Waals surface area contributed by atoms with Crippen molar-refractivity contribution in [2.45, 2.75) is 5.92 Å². The molecule has 1 heterocycles. The van der Waals surface area contributed by atoms with Crippen molar-refractivity contribution < 1.29 is 23.5 Å². The highest BCUT2D eigenvalue weighted by Gasteiger charge is 2.34. The predicted molar refractivity (Wildman–Crippen MR) is 85.4 cm³/mol. The summed E-state index contributed by atoms with van der Waals surface area (Å²) in [6, 6.07) is 12.8. The Kier molecular flexibility index (Phi) is 4.46. The SMILES string of the molecule is COC(=O)CN(C(=O)[C@@H]1COc2ccccc21)c1cccc(F)c1. The number of halogens is 1. The Hall–Kier alpha value is -2.89. The Bertz CT molecular complexity index is 777. The van der Waals surface area contributed by atoms with Crippen LogP contribution in [0.1, 0.15) is 11.5 Å². The molecule has 124 valence electrons. The Labute approximate surface area is 138 Å². The van der Waals surface area contributed by atoms with Crippen molar-refractivity contribution in [2.24, 2.45) is 0 Å². The summed E-state index contributed by atoms with van der Waals surface area (Å²) in [5, 5.41) is 0. The molecular weight excluding hydrogens is 313 g/mol. The molecular formula is C18H16FNO4. The molecule has 0 N–H and O–H groups in total. The van der Waals surface area contributed by atoms with Gasteiger partial charge in [-0.25, -0.2) is 4.39 Å². The van der Waals surface area contributed by atoms with Crippen LogP contribution in [0, 0.1) is 5.82 Å². The highest BCUT2D eigenvalue weighted by Crippen LogP contribution is 2.35. The zero-order valence-electron chi connectivity index (χ0n) is 13.1. The third-order valence-electron chi connectivity index (χ3n) is 3.90. The first-order chi connectivity index (χ1) is 11.6. The normalized spacial score (nSPS) is 15.3. The van der Waals surface area contributed by atoms with Crippen molar-refractivity contribution >= 4 is 17.6 Å². The average molecular weight is 329 g/mol. The molecule has 0 saturated heterocycles. The number of amides is 1. The summed E-state index contributed by atoms with van der Waals surface area (Å²) in [4.78, 5) is 25.9. The van der Waals surface area contributed by atoms with Crippen LogP contribution in [0.25, 0.3) is 0 Å². The quantitative estimate of drug-likeness (QED) is 0.809. The fourth-order valence-electron chi connectivity index (χ4n) is 2.69. The third-order valence-corrected chi connectivity index (χ3v) is 3.90. The number of fused-ring (bicyclic) bond motifs is 1. The van der Waals surface area contributed by atoms with Gasteiger partial charge in [0.25, 0.3) is 0 Å². The molecule has 5 nitrogen and oxygen atoms in total. The molecule has 0 aromatic heterocycles. The molecule has 0 radical (unpaired) electrons. The van der Waals surface area contributed by atoms with Gasteiger partial charge in [-0.1, -0.05) is 24.3 Å². The fourth-order valence-corrected chi connectivity index (χ4v) is 2.69. The number of carbonyl (C=O) groups excluding carboxylic acids is 2. The topological polar surface area (TPSA) is 55.8 Å². The molecule has 24 heavy (non-hydrogen) atoms. The van der Waals surface area contributed by atoms with E-state index in [1.807, 2.05) is 18.2 Å². The number of para-hydroxylation sites is 1. The van der Waals surface area contributed by atoms with E-state index >= 15 is 0 Å². The van der Waals surface area contributed by atoms with Crippen LogP contribution in [0.2, 0.25) is 0 Å². The van der Waals surface area contributed by atoms with Crippen LogP contribution in [0.5, 0.6) is 5.75 Å². The maximum absolute atomic E-state index is 13.5. The molecule has 1 aliphatic rings. The largest absolute Gasteiger partial charge is 0.492 e. The number of methoxy groups -OCH3 is 1. The lowest BCUT2D eigenvalue weighted by Crippen LogP contribution is -2.40. The monoisotopic (exact) mass is 329 g/mol. The predicted octanol–water partition coefficient (Wildman–Crippen LogP) is 2.51. The molecule has 0 saturated carbocycles. The second-order valence-electron chi connectivity index (χ2n) is 5.38. The van der Waals surface area contributed by atoms with Crippen molar-refractivity contribution in [3.8, 4) is 5.75 Å². The molecule has 0 bridgehead atoms. The van der Waals surface area contributed by atoms with E-state index in [0.717, 1.165) is 5.56 Å². The standard InChI is InChI=1S/C18H16FNO4/c1-23-17(21)10-20(13-6-4-5-12(19)9-13)18(22)15-11-24-16-8-3-2-7-14(15)16/h2-9,15H,10-11H2,1H3/t15-/m1/s1. The molecule has 1 amide bonds. The first kappa shape index (κ1) is 16.0. The number of esters is 1. The van der Waals surface area contributed by atoms with Crippen molar-refractivity contribution in [3.63, 3.8) is 0 Å². The van der Waals surface area contributed by atoms with Gasteiger partial charge in [-0.2, -0.15) is 0 Å². The highest BCUT2D eigenvalue weighted by atomic mass is 19.1. The van der Waals surface area contributed by atoms with Gasteiger partial charge in [0.2, 0.25) is 5.91 Å². The van der Waals surface area contributed by atoms with E-state index in [1.165, 1.54) is 30.2 Å². The van der Waals surface area contributed by atoms with Gasteiger partial charge in [-0.3, -0.25) is 9.59 Å². The minimum Gasteiger partial charge on any atom is -0.492 e. The van der Waals surface area contributed by atoms with E-state index in [9.17, 15) is 14.0 Å². The summed E-state index contributed by atoms with van der Waals surface area (Å²) in [7, 11) is 1.24. The van der Waals surface area contributed by atoms with Crippen molar-refractivity contribution in [2.75, 3.05) is 25.2 Å². The number of hydrogen-bond acceptors (Lipinski definition) is 4. The fraction of sp³-hybridized carbons (Fsp3) is 0.222. The first-order valence-corrected chi connectivity index (χ1v) is 7.45. The molecule has 0 aliphatic carbocycles. The zero-order chi connectivity index (χ0) is 17.1. The van der Waals surface area contributed by atoms with Crippen LogP contribution in [0.15, 0.2) is 48.5 Å². The van der Waals surface area contributed by atoms with Crippen LogP contribution in [0.4, 0.5) is 10.1 Å². The summed E-state index contributed by atoms with van der Waals surface area (Å²) >= 11 is 0. The Morgan fingerprint density at radius 2 is 2.04 bits per heavy atom. The summed E-state index contributed by atoms with van der Waals surface area (Å²) in [6.45, 7) is -0.109. The number of rotatable bonds is 4. The van der Waals surface area contributed by atoms with Crippen LogP contribution in [0.3, 0.4) is 0 Å². The highest BCUT2D eigenvalue weighted by molar-refractivity contribution is 6.02. The van der Waals surface area contributed by atoms with E-state index < -0.39 is 17.7 Å². The van der Waals surface area contributed by atoms with Gasteiger partial charge in [0.15, 0.2) is 0 Å². The number of nitrogens with zero attached hydrogens (tertiary/aromatic N) is 1. The Morgan fingerprint density at radius 1 is 1.25 bits per heavy atom. The molecule has 1 atom stereocenters. The van der Waals surface area contributed by atoms with Gasteiger partial charge >= 0.3 is 5.97 Å². The maximum Gasteiger partial charge on any atom is 0.325 e. The molecule has 0 fully saturated rings. The second-order valence-corrected chi connectivity index (χ2v) is 5.38. The molecule has 6 heteroatoms. The summed E-state index contributed by atoms with van der Waals surface area (Å²) in [6.07, 6.45) is 0. The van der Waals surface area contributed by atoms with Gasteiger partial charge in [0.05, 0.1) is 7.11 Å². The van der Waals surface area contributed by atoms with Crippen molar-refractivity contribution in [3.05, 3.63) is 59.9 Å². The summed E-state index contributed by atoms with van der Waals surface area (Å²) < 4.78 is 23.7. The molecule has 2 aromatic rings. The van der Waals surface area contributed by atoms with Gasteiger partial charge < -0.3 is 14.4 Å². The van der Waals surface area contributed by atoms with E-state index in [4.69, 9.17) is 4.74 Å². The van der Waals surface area contributed by atoms with Crippen LogP contribution in [-0.2, 0) is 14.3 Å². The number of benzene rings is 2. The molecule has 3 rings (SSSR count). The van der Waals surface area contributed by atoms with Crippen LogP contribution >= 0.6 is 0 Å². The molecule has 0 spiro atoms. The third kappa shape index (κ3) is 3.08. The number of hydrogen-bond donors (Lipinski definition) is 0. The lowest BCUT2D eigenvalue weighted by molar-refractivity contribution is -0.140. The van der Waals surface area contributed by atoms with Gasteiger partial charge in [-0.05, 0) is 24.3 Å². The smallest absolute Gasteiger partial charge is 0.325 e. The lowest BCUT2D eigenvalue weighted by atomic mass is 9.99. The summed E-state index contributed by atoms with van der Waals surface area (Å²) in [5.74, 6) is -1.31. The molecule has 0 unspecified atom stereocenters. The van der Waals surface area contributed by atoms with Crippen molar-refractivity contribution in [1.29, 1.82) is 0 Å². The lowest BCUT2D eigenvalue weighted by Gasteiger charge is -2.24. The number of ether oxygens (including phenoxy) is 2. The van der Waals surface area contributed by atoms with Gasteiger partial charge in [0.1, 0.15) is 30.6 Å². The second kappa shape index (κ2) is 6.70. The van der Waals surface area contributed by atoms with E-state index in [2.05, 4.69) is 4.74 Å². The Morgan fingerprint density at radius 3 is 2.79 bits per heavy atom. The number of anilines is 1. The van der Waals surface area contributed by atoms with Crippen LogP contribution < -0.4 is 9.64 Å². The maximum atomic E-state index is 13.5. The van der Waals surface area contributed by atoms with E-state index in [-0.39, 0.29) is 19.1 Å². The van der Waals surface area contributed by atoms with E-state index in [0.29, 0.717) is 11.4 Å². The summed E-state index contributed by atoms with van der Waals surface area (Å²) in [5.41, 5.74) is 1.06. The van der Waals surface area contributed by atoms with E-state index in [1.54, 1.807) is 12.1 Å². The van der Waals surface area contributed by atoms with Gasteiger partial charge in [0, 0.05) is 11.3 Å². The minimum absolute atomic E-state index is 0.186. The zero-order valence-corrected chi connectivity index (χ0v) is 13.1. The Balaban J connectivity index is 1.94.